The van der Waals surface area contributed by atoms with Gasteiger partial charge in [-0.1, -0.05) is 244 Å². The molecule has 0 amide bonds. The molecule has 0 saturated heterocycles. The number of methoxy groups -OCH3 is 1. The molecular weight excluding hydrogens is 615 g/mol. The largest absolute Gasteiger partial charge is 0.469 e. The first-order chi connectivity index (χ1) is 24.0. The van der Waals surface area contributed by atoms with Crippen LogP contribution in [0.5, 0.6) is 0 Å². The van der Waals surface area contributed by atoms with Crippen LogP contribution in [-0.4, -0.2) is 13.1 Å². The third-order valence-corrected chi connectivity index (χ3v) is 12.7. The molecule has 0 bridgehead atoms. The van der Waals surface area contributed by atoms with Gasteiger partial charge in [0.15, 0.2) is 0 Å². The van der Waals surface area contributed by atoms with Crippen LogP contribution in [0.4, 0.5) is 0 Å². The van der Waals surface area contributed by atoms with Gasteiger partial charge >= 0.3 is 5.97 Å². The topological polar surface area (TPSA) is 26.3 Å². The normalized spacial score (nSPS) is 13.1. The molecule has 49 heavy (non-hydrogen) atoms. The van der Waals surface area contributed by atoms with E-state index in [1.54, 1.807) is 7.11 Å². The van der Waals surface area contributed by atoms with Crippen LogP contribution in [0.2, 0.25) is 0 Å². The summed E-state index contributed by atoms with van der Waals surface area (Å²) in [6, 6.07) is 11.1. The van der Waals surface area contributed by atoms with Gasteiger partial charge in [-0.15, -0.1) is 9.24 Å². The lowest BCUT2D eigenvalue weighted by Gasteiger charge is -2.48. The molecule has 1 rings (SSSR count). The van der Waals surface area contributed by atoms with Crippen molar-refractivity contribution in [1.82, 2.24) is 0 Å². The lowest BCUT2D eigenvalue weighted by Crippen LogP contribution is -2.48. The molecule has 0 N–H and O–H groups in total. The number of carbonyl (C=O) groups excluding carboxylic acids is 1. The van der Waals surface area contributed by atoms with Gasteiger partial charge in [-0.2, -0.15) is 0 Å². The lowest BCUT2D eigenvalue weighted by atomic mass is 9.63. The second kappa shape index (κ2) is 31.8. The predicted molar refractivity (Wildman–Crippen MR) is 222 cm³/mol. The molecule has 2 atom stereocenters. The van der Waals surface area contributed by atoms with Crippen molar-refractivity contribution in [1.29, 1.82) is 0 Å². The molecule has 2 unspecified atom stereocenters. The monoisotopic (exact) mass is 701 g/mol. The van der Waals surface area contributed by atoms with Gasteiger partial charge in [-0.05, 0) is 24.8 Å². The zero-order valence-electron chi connectivity index (χ0n) is 33.6. The highest BCUT2D eigenvalue weighted by atomic mass is 31.0. The maximum absolute atomic E-state index is 14.3. The first-order valence-corrected chi connectivity index (χ1v) is 22.5. The molecule has 0 heterocycles. The minimum absolute atomic E-state index is 0.0327. The maximum atomic E-state index is 14.3. The molecule has 0 aromatic heterocycles. The molecule has 0 radical (unpaired) electrons. The number of carbonyl (C=O) groups is 1. The standard InChI is InChI=1S/C46H85O2P/c1-5-8-11-14-17-20-23-26-29-35-40-45(44(47)48-4,41-36-30-27-24-21-18-15-12-9-6-2)46(49,43-38-33-32-34-39-43)42-37-31-28-25-22-19-16-13-10-7-3/h32-34,38-39H,5-31,35-37,40-42,49H2,1-4H3. The summed E-state index contributed by atoms with van der Waals surface area (Å²) in [4.78, 5) is 14.3. The molecule has 286 valence electrons. The number of esters is 1. The second-order valence-electron chi connectivity index (χ2n) is 15.7. The minimum atomic E-state index is -0.507. The highest BCUT2D eigenvalue weighted by molar-refractivity contribution is 7.18. The molecule has 1 aromatic carbocycles. The molecule has 1 aromatic rings. The van der Waals surface area contributed by atoms with Crippen molar-refractivity contribution < 1.29 is 9.53 Å². The number of unbranched alkanes of at least 4 members (excludes halogenated alkanes) is 27. The van der Waals surface area contributed by atoms with Crippen molar-refractivity contribution in [2.24, 2.45) is 5.41 Å². The van der Waals surface area contributed by atoms with E-state index in [4.69, 9.17) is 4.74 Å². The summed E-state index contributed by atoms with van der Waals surface area (Å²) < 4.78 is 5.82. The van der Waals surface area contributed by atoms with Gasteiger partial charge in [0.05, 0.1) is 12.5 Å². The Morgan fingerprint density at radius 1 is 0.469 bits per heavy atom. The molecule has 0 aliphatic rings. The van der Waals surface area contributed by atoms with Gasteiger partial charge in [0, 0.05) is 5.16 Å². The summed E-state index contributed by atoms with van der Waals surface area (Å²) in [5.74, 6) is 0.0327. The first kappa shape index (κ1) is 46.1. The van der Waals surface area contributed by atoms with E-state index in [1.807, 2.05) is 0 Å². The Labute approximate surface area is 310 Å². The van der Waals surface area contributed by atoms with Gasteiger partial charge in [-0.25, -0.2) is 0 Å². The first-order valence-electron chi connectivity index (χ1n) is 21.9. The number of rotatable bonds is 36. The van der Waals surface area contributed by atoms with E-state index in [9.17, 15) is 4.79 Å². The molecule has 3 heteroatoms. The highest BCUT2D eigenvalue weighted by Gasteiger charge is 2.54. The Morgan fingerprint density at radius 3 is 1.06 bits per heavy atom. The van der Waals surface area contributed by atoms with Crippen LogP contribution in [-0.2, 0) is 14.7 Å². The molecule has 0 aliphatic carbocycles. The molecule has 0 fully saturated rings. The van der Waals surface area contributed by atoms with E-state index in [1.165, 1.54) is 185 Å². The van der Waals surface area contributed by atoms with Gasteiger partial charge in [0.1, 0.15) is 0 Å². The van der Waals surface area contributed by atoms with E-state index < -0.39 is 5.41 Å². The number of hydrogen-bond donors (Lipinski definition) is 0. The minimum Gasteiger partial charge on any atom is -0.469 e. The summed E-state index contributed by atoms with van der Waals surface area (Å²) in [5, 5.41) is -0.305. The smallest absolute Gasteiger partial charge is 0.313 e. The van der Waals surface area contributed by atoms with Crippen LogP contribution >= 0.6 is 9.24 Å². The van der Waals surface area contributed by atoms with Gasteiger partial charge in [0.25, 0.3) is 0 Å². The number of ether oxygens (including phenoxy) is 1. The maximum Gasteiger partial charge on any atom is 0.313 e. The van der Waals surface area contributed by atoms with Crippen molar-refractivity contribution in [2.45, 2.75) is 238 Å². The van der Waals surface area contributed by atoms with Gasteiger partial charge < -0.3 is 4.74 Å². The third-order valence-electron chi connectivity index (χ3n) is 11.6. The Hall–Kier alpha value is -0.880. The third kappa shape index (κ3) is 20.1. The Morgan fingerprint density at radius 2 is 0.755 bits per heavy atom. The summed E-state index contributed by atoms with van der Waals surface area (Å²) in [7, 11) is 4.97. The summed E-state index contributed by atoms with van der Waals surface area (Å²) >= 11 is 0. The van der Waals surface area contributed by atoms with Crippen molar-refractivity contribution >= 4 is 15.2 Å². The van der Waals surface area contributed by atoms with Crippen LogP contribution in [0.15, 0.2) is 30.3 Å². The predicted octanol–water partition coefficient (Wildman–Crippen LogP) is 15.8. The fourth-order valence-electron chi connectivity index (χ4n) is 8.27. The quantitative estimate of drug-likeness (QED) is 0.0396. The van der Waals surface area contributed by atoms with Crippen molar-refractivity contribution in [3.63, 3.8) is 0 Å². The van der Waals surface area contributed by atoms with Crippen LogP contribution in [0, 0.1) is 5.41 Å². The molecular formula is C46H85O2P. The van der Waals surface area contributed by atoms with Gasteiger partial charge in [-0.3, -0.25) is 4.79 Å². The zero-order valence-corrected chi connectivity index (χ0v) is 34.8. The number of benzene rings is 1. The fourth-order valence-corrected chi connectivity index (χ4v) is 9.07. The Bertz CT molecular complexity index is 830. The SMILES string of the molecule is CCCCCCCCCCCCC(CCCCCCCCCCCC)(C(=O)OC)C(P)(CCCCCCCCCCCC)c1ccccc1. The van der Waals surface area contributed by atoms with E-state index in [0.29, 0.717) is 0 Å². The van der Waals surface area contributed by atoms with E-state index in [-0.39, 0.29) is 11.1 Å². The molecule has 0 aliphatic heterocycles. The van der Waals surface area contributed by atoms with E-state index in [0.717, 1.165) is 32.1 Å². The van der Waals surface area contributed by atoms with Crippen LogP contribution < -0.4 is 0 Å². The van der Waals surface area contributed by atoms with Crippen molar-refractivity contribution in [2.75, 3.05) is 7.11 Å². The van der Waals surface area contributed by atoms with Gasteiger partial charge in [0.2, 0.25) is 0 Å². The van der Waals surface area contributed by atoms with Crippen molar-refractivity contribution in [3.8, 4) is 0 Å². The second-order valence-corrected chi connectivity index (χ2v) is 16.7. The molecule has 2 nitrogen and oxygen atoms in total. The Kier molecular flexibility index (Phi) is 30.0. The lowest BCUT2D eigenvalue weighted by molar-refractivity contribution is -0.157. The fraction of sp³-hybridized carbons (Fsp3) is 0.848. The molecule has 0 saturated carbocycles. The van der Waals surface area contributed by atoms with Crippen molar-refractivity contribution in [3.05, 3.63) is 35.9 Å². The summed E-state index contributed by atoms with van der Waals surface area (Å²) in [5.41, 5.74) is 0.799. The zero-order chi connectivity index (χ0) is 35.7. The number of hydrogen-bond acceptors (Lipinski definition) is 2. The average Bonchev–Trinajstić information content (AvgIpc) is 3.13. The average molecular weight is 701 g/mol. The van der Waals surface area contributed by atoms with Crippen LogP contribution in [0.25, 0.3) is 0 Å². The summed E-state index contributed by atoms with van der Waals surface area (Å²) in [6.45, 7) is 6.89. The van der Waals surface area contributed by atoms with E-state index >= 15 is 0 Å². The Balaban J connectivity index is 2.97. The molecule has 0 spiro atoms. The van der Waals surface area contributed by atoms with Crippen LogP contribution in [0.3, 0.4) is 0 Å². The van der Waals surface area contributed by atoms with Crippen LogP contribution in [0.1, 0.15) is 238 Å². The highest BCUT2D eigenvalue weighted by Crippen LogP contribution is 2.57. The van der Waals surface area contributed by atoms with E-state index in [2.05, 4.69) is 60.3 Å². The summed E-state index contributed by atoms with van der Waals surface area (Å²) in [6.07, 6.45) is 42.6.